The number of hydrogen-bond acceptors (Lipinski definition) is 5. The molecule has 0 bridgehead atoms. The molecular weight excluding hydrogens is 445 g/mol. The molecule has 0 unspecified atom stereocenters. The minimum Gasteiger partial charge on any atom is -0.354 e. The number of aromatic nitrogens is 3. The highest BCUT2D eigenvalue weighted by Crippen LogP contribution is 2.32. The molecule has 2 fully saturated rings. The Morgan fingerprint density at radius 2 is 1.94 bits per heavy atom. The number of aryl methyl sites for hydroxylation is 1. The van der Waals surface area contributed by atoms with E-state index >= 15 is 0 Å². The zero-order chi connectivity index (χ0) is 23.3. The molecule has 0 aliphatic carbocycles. The lowest BCUT2D eigenvalue weighted by molar-refractivity contribution is -0.129. The van der Waals surface area contributed by atoms with Crippen molar-refractivity contribution < 1.29 is 9.18 Å². The number of fused-ring (bicyclic) bond motifs is 1. The molecule has 1 aromatic carbocycles. The lowest BCUT2D eigenvalue weighted by Gasteiger charge is -2.38. The van der Waals surface area contributed by atoms with Crippen molar-refractivity contribution in [1.29, 1.82) is 0 Å². The number of piperidine rings is 1. The van der Waals surface area contributed by atoms with Crippen molar-refractivity contribution in [1.82, 2.24) is 19.4 Å². The maximum atomic E-state index is 14.9. The SMILES string of the molecule is Cc1nc2cc(N3CCC[C@@H](N4CCCC4=O)C3)nc(-c3ccc(Cl)cc3F)c2c(=O)n1C. The number of carbonyl (C=O) groups is 1. The highest BCUT2D eigenvalue weighted by molar-refractivity contribution is 6.30. The summed E-state index contributed by atoms with van der Waals surface area (Å²) in [5, 5.41) is 0.545. The summed E-state index contributed by atoms with van der Waals surface area (Å²) in [6, 6.07) is 6.28. The van der Waals surface area contributed by atoms with Gasteiger partial charge in [0.1, 0.15) is 17.5 Å². The Kier molecular flexibility index (Phi) is 5.56. The molecule has 1 atom stereocenters. The Labute approximate surface area is 195 Å². The average Bonchev–Trinajstić information content (AvgIpc) is 3.23. The van der Waals surface area contributed by atoms with Crippen molar-refractivity contribution in [3.05, 3.63) is 51.3 Å². The van der Waals surface area contributed by atoms with Gasteiger partial charge < -0.3 is 9.80 Å². The van der Waals surface area contributed by atoms with Gasteiger partial charge in [0.25, 0.3) is 5.56 Å². The average molecular weight is 470 g/mol. The number of likely N-dealkylation sites (tertiary alicyclic amines) is 1. The van der Waals surface area contributed by atoms with Crippen molar-refractivity contribution in [3.63, 3.8) is 0 Å². The summed E-state index contributed by atoms with van der Waals surface area (Å²) >= 11 is 5.96. The standard InChI is InChI=1S/C24H25ClFN5O2/c1-14-27-19-12-20(30-9-3-5-16(13-30)31-10-4-6-21(31)32)28-23(22(19)24(33)29(14)2)17-8-7-15(25)11-18(17)26/h7-8,11-12,16H,3-6,9-10,13H2,1-2H3/t16-/m1/s1. The van der Waals surface area contributed by atoms with Crippen LogP contribution in [0.3, 0.4) is 0 Å². The van der Waals surface area contributed by atoms with E-state index in [9.17, 15) is 14.0 Å². The van der Waals surface area contributed by atoms with Crippen molar-refractivity contribution in [3.8, 4) is 11.3 Å². The molecule has 0 spiro atoms. The summed E-state index contributed by atoms with van der Waals surface area (Å²) in [6.07, 6.45) is 3.38. The monoisotopic (exact) mass is 469 g/mol. The number of anilines is 1. The lowest BCUT2D eigenvalue weighted by Crippen LogP contribution is -2.48. The van der Waals surface area contributed by atoms with Gasteiger partial charge in [-0.3, -0.25) is 14.2 Å². The summed E-state index contributed by atoms with van der Waals surface area (Å²) < 4.78 is 16.4. The molecule has 33 heavy (non-hydrogen) atoms. The van der Waals surface area contributed by atoms with Crippen molar-refractivity contribution >= 4 is 34.2 Å². The Morgan fingerprint density at radius 3 is 2.67 bits per heavy atom. The first-order valence-electron chi connectivity index (χ1n) is 11.2. The van der Waals surface area contributed by atoms with Gasteiger partial charge in [-0.25, -0.2) is 14.4 Å². The van der Waals surface area contributed by atoms with E-state index < -0.39 is 5.82 Å². The van der Waals surface area contributed by atoms with E-state index in [4.69, 9.17) is 16.6 Å². The van der Waals surface area contributed by atoms with Gasteiger partial charge in [0, 0.05) is 55.8 Å². The number of rotatable bonds is 3. The molecule has 2 aliphatic rings. The van der Waals surface area contributed by atoms with E-state index in [1.807, 2.05) is 4.90 Å². The highest BCUT2D eigenvalue weighted by Gasteiger charge is 2.32. The number of halogens is 2. The summed E-state index contributed by atoms with van der Waals surface area (Å²) in [6.45, 7) is 3.97. The quantitative estimate of drug-likeness (QED) is 0.585. The fourth-order valence-corrected chi connectivity index (χ4v) is 5.05. The Balaban J connectivity index is 1.65. The van der Waals surface area contributed by atoms with Crippen LogP contribution in [0.2, 0.25) is 5.02 Å². The first kappa shape index (κ1) is 21.8. The molecule has 3 aromatic rings. The Morgan fingerprint density at radius 1 is 1.12 bits per heavy atom. The van der Waals surface area contributed by atoms with Crippen LogP contribution < -0.4 is 10.5 Å². The van der Waals surface area contributed by atoms with E-state index in [0.29, 0.717) is 30.1 Å². The first-order valence-corrected chi connectivity index (χ1v) is 11.6. The van der Waals surface area contributed by atoms with Crippen LogP contribution in [0.4, 0.5) is 10.2 Å². The van der Waals surface area contributed by atoms with Gasteiger partial charge in [0.05, 0.1) is 16.6 Å². The summed E-state index contributed by atoms with van der Waals surface area (Å²) in [4.78, 5) is 38.9. The van der Waals surface area contributed by atoms with Gasteiger partial charge in [0.15, 0.2) is 0 Å². The number of benzene rings is 1. The normalized spacial score (nSPS) is 19.0. The van der Waals surface area contributed by atoms with Crippen molar-refractivity contribution in [2.75, 3.05) is 24.5 Å². The van der Waals surface area contributed by atoms with Gasteiger partial charge in [0.2, 0.25) is 5.91 Å². The van der Waals surface area contributed by atoms with E-state index in [0.717, 1.165) is 32.4 Å². The largest absolute Gasteiger partial charge is 0.354 e. The number of amides is 1. The third kappa shape index (κ3) is 3.86. The summed E-state index contributed by atoms with van der Waals surface area (Å²) in [7, 11) is 1.64. The van der Waals surface area contributed by atoms with Gasteiger partial charge in [-0.15, -0.1) is 0 Å². The highest BCUT2D eigenvalue weighted by atomic mass is 35.5. The third-order valence-corrected chi connectivity index (χ3v) is 6.96. The van der Waals surface area contributed by atoms with Crippen LogP contribution in [0, 0.1) is 12.7 Å². The van der Waals surface area contributed by atoms with Gasteiger partial charge in [-0.05, 0) is 44.4 Å². The maximum Gasteiger partial charge on any atom is 0.263 e. The van der Waals surface area contributed by atoms with Crippen LogP contribution in [0.1, 0.15) is 31.5 Å². The molecule has 5 rings (SSSR count). The topological polar surface area (TPSA) is 71.3 Å². The van der Waals surface area contributed by atoms with Gasteiger partial charge in [-0.1, -0.05) is 11.6 Å². The van der Waals surface area contributed by atoms with E-state index in [1.165, 1.54) is 10.6 Å². The molecule has 0 saturated carbocycles. The molecule has 9 heteroatoms. The summed E-state index contributed by atoms with van der Waals surface area (Å²) in [5.74, 6) is 0.850. The third-order valence-electron chi connectivity index (χ3n) is 6.73. The number of nitrogens with zero attached hydrogens (tertiary/aromatic N) is 5. The van der Waals surface area contributed by atoms with E-state index in [1.54, 1.807) is 32.2 Å². The van der Waals surface area contributed by atoms with Crippen LogP contribution in [0.5, 0.6) is 0 Å². The fraction of sp³-hybridized carbons (Fsp3) is 0.417. The molecule has 2 saturated heterocycles. The molecule has 0 radical (unpaired) electrons. The van der Waals surface area contributed by atoms with Crippen LogP contribution >= 0.6 is 11.6 Å². The molecular formula is C24H25ClFN5O2. The molecule has 2 aromatic heterocycles. The smallest absolute Gasteiger partial charge is 0.263 e. The molecule has 4 heterocycles. The molecule has 7 nitrogen and oxygen atoms in total. The summed E-state index contributed by atoms with van der Waals surface area (Å²) in [5.41, 5.74) is 0.658. The molecule has 1 amide bonds. The van der Waals surface area contributed by atoms with Crippen molar-refractivity contribution in [2.24, 2.45) is 7.05 Å². The minimum absolute atomic E-state index is 0.125. The lowest BCUT2D eigenvalue weighted by atomic mass is 10.0. The van der Waals surface area contributed by atoms with Crippen LogP contribution in [0.25, 0.3) is 22.2 Å². The second kappa shape index (κ2) is 8.41. The van der Waals surface area contributed by atoms with Crippen molar-refractivity contribution in [2.45, 2.75) is 38.6 Å². The number of hydrogen-bond donors (Lipinski definition) is 0. The molecule has 172 valence electrons. The van der Waals surface area contributed by atoms with Gasteiger partial charge >= 0.3 is 0 Å². The predicted octanol–water partition coefficient (Wildman–Crippen LogP) is 3.69. The minimum atomic E-state index is -0.546. The van der Waals surface area contributed by atoms with Crippen LogP contribution in [-0.2, 0) is 11.8 Å². The zero-order valence-electron chi connectivity index (χ0n) is 18.6. The predicted molar refractivity (Wildman–Crippen MR) is 126 cm³/mol. The molecule has 2 aliphatic heterocycles. The second-order valence-electron chi connectivity index (χ2n) is 8.80. The molecule has 0 N–H and O–H groups in total. The van der Waals surface area contributed by atoms with Crippen LogP contribution in [0.15, 0.2) is 29.1 Å². The second-order valence-corrected chi connectivity index (χ2v) is 9.24. The Hall–Kier alpha value is -3.00. The van der Waals surface area contributed by atoms with Gasteiger partial charge in [-0.2, -0.15) is 0 Å². The number of pyridine rings is 1. The Bertz CT molecular complexity index is 1320. The number of carbonyl (C=O) groups excluding carboxylic acids is 1. The van der Waals surface area contributed by atoms with Crippen LogP contribution in [-0.4, -0.2) is 51.0 Å². The van der Waals surface area contributed by atoms with E-state index in [-0.39, 0.29) is 39.2 Å². The zero-order valence-corrected chi connectivity index (χ0v) is 19.4. The maximum absolute atomic E-state index is 14.9. The first-order chi connectivity index (χ1) is 15.8. The fourth-order valence-electron chi connectivity index (χ4n) is 4.89. The van der Waals surface area contributed by atoms with E-state index in [2.05, 4.69) is 9.88 Å².